The van der Waals surface area contributed by atoms with Crippen molar-refractivity contribution in [2.45, 2.75) is 11.6 Å². The highest BCUT2D eigenvalue weighted by molar-refractivity contribution is 7.99. The van der Waals surface area contributed by atoms with Gasteiger partial charge in [-0.05, 0) is 36.2 Å². The molecule has 0 saturated heterocycles. The molecular weight excluding hydrogens is 418 g/mol. The quantitative estimate of drug-likeness (QED) is 0.402. The molecule has 10 heteroatoms. The van der Waals surface area contributed by atoms with E-state index >= 15 is 0 Å². The third kappa shape index (κ3) is 4.85. The molecule has 0 fully saturated rings. The van der Waals surface area contributed by atoms with E-state index in [1.54, 1.807) is 7.11 Å². The van der Waals surface area contributed by atoms with Crippen molar-refractivity contribution < 1.29 is 19.0 Å². The van der Waals surface area contributed by atoms with E-state index in [1.807, 2.05) is 42.5 Å². The number of carbonyl (C=O) groups is 1. The first-order valence-corrected chi connectivity index (χ1v) is 10.8. The van der Waals surface area contributed by atoms with E-state index in [9.17, 15) is 4.79 Å². The van der Waals surface area contributed by atoms with E-state index in [-0.39, 0.29) is 11.7 Å². The average Bonchev–Trinajstić information content (AvgIpc) is 3.17. The molecule has 2 heterocycles. The van der Waals surface area contributed by atoms with E-state index in [0.29, 0.717) is 42.9 Å². The summed E-state index contributed by atoms with van der Waals surface area (Å²) in [6.07, 6.45) is 0.693. The maximum atomic E-state index is 12.2. The zero-order chi connectivity index (χ0) is 21.6. The zero-order valence-corrected chi connectivity index (χ0v) is 17.9. The monoisotopic (exact) mass is 441 g/mol. The Balaban J connectivity index is 1.28. The molecule has 0 spiro atoms. The smallest absolute Gasteiger partial charge is 0.230 e. The van der Waals surface area contributed by atoms with Crippen LogP contribution in [0.3, 0.4) is 0 Å². The molecule has 1 aliphatic heterocycles. The second-order valence-corrected chi connectivity index (χ2v) is 7.69. The summed E-state index contributed by atoms with van der Waals surface area (Å²) in [7, 11) is 1.58. The molecule has 1 aromatic heterocycles. The Morgan fingerprint density at radius 1 is 1.19 bits per heavy atom. The molecule has 3 aromatic rings. The lowest BCUT2D eigenvalue weighted by atomic mass is 10.1. The molecule has 0 saturated carbocycles. The molecule has 2 aromatic carbocycles. The summed E-state index contributed by atoms with van der Waals surface area (Å²) in [6, 6.07) is 13.2. The minimum absolute atomic E-state index is 0.107. The summed E-state index contributed by atoms with van der Waals surface area (Å²) in [5.41, 5.74) is 1.80. The average molecular weight is 442 g/mol. The number of thioether (sulfide) groups is 1. The number of fused-ring (bicyclic) bond motifs is 1. The highest BCUT2D eigenvalue weighted by Gasteiger charge is 2.17. The molecule has 3 N–H and O–H groups in total. The topological polar surface area (TPSA) is 114 Å². The number of aromatic nitrogens is 3. The van der Waals surface area contributed by atoms with Crippen molar-refractivity contribution in [3.8, 4) is 28.6 Å². The number of hydrogen-bond donors (Lipinski definition) is 2. The molecule has 0 radical (unpaired) electrons. The number of rotatable bonds is 8. The van der Waals surface area contributed by atoms with Gasteiger partial charge in [0.2, 0.25) is 11.1 Å². The lowest BCUT2D eigenvalue weighted by molar-refractivity contribution is -0.118. The maximum absolute atomic E-state index is 12.2. The molecule has 31 heavy (non-hydrogen) atoms. The third-order valence-corrected chi connectivity index (χ3v) is 5.63. The number of amides is 1. The van der Waals surface area contributed by atoms with Gasteiger partial charge in [0.15, 0.2) is 17.3 Å². The van der Waals surface area contributed by atoms with Gasteiger partial charge in [0.05, 0.1) is 18.4 Å². The number of ether oxygens (including phenoxy) is 3. The van der Waals surface area contributed by atoms with Crippen LogP contribution in [-0.4, -0.2) is 53.4 Å². The summed E-state index contributed by atoms with van der Waals surface area (Å²) in [5, 5.41) is 11.6. The number of methoxy groups -OCH3 is 1. The van der Waals surface area contributed by atoms with Crippen molar-refractivity contribution in [3.63, 3.8) is 0 Å². The van der Waals surface area contributed by atoms with Gasteiger partial charge in [-0.1, -0.05) is 30.0 Å². The molecule has 0 aliphatic carbocycles. The fourth-order valence-corrected chi connectivity index (χ4v) is 3.85. The van der Waals surface area contributed by atoms with Gasteiger partial charge in [0.25, 0.3) is 0 Å². The summed E-state index contributed by atoms with van der Waals surface area (Å²) in [6.45, 7) is 1.63. The van der Waals surface area contributed by atoms with Crippen molar-refractivity contribution in [2.75, 3.05) is 38.5 Å². The fourth-order valence-electron chi connectivity index (χ4n) is 3.16. The molecule has 1 amide bonds. The summed E-state index contributed by atoms with van der Waals surface area (Å²) < 4.78 is 17.8. The van der Waals surface area contributed by atoms with Crippen molar-refractivity contribution >= 4 is 17.7 Å². The van der Waals surface area contributed by atoms with Gasteiger partial charge < -0.3 is 25.4 Å². The standard InChI is InChI=1S/C21H23N5O4S/c1-28-16-5-3-2-4-15(16)20-24-25-21(26(20)22)31-13-19(27)23-9-8-14-6-7-17-18(12-14)30-11-10-29-17/h2-7,12H,8-11,13,22H2,1H3,(H,23,27). The van der Waals surface area contributed by atoms with Crippen LogP contribution in [0.25, 0.3) is 11.4 Å². The Morgan fingerprint density at radius 3 is 2.84 bits per heavy atom. The predicted molar refractivity (Wildman–Crippen MR) is 117 cm³/mol. The Morgan fingerprint density at radius 2 is 2.00 bits per heavy atom. The number of hydrogen-bond acceptors (Lipinski definition) is 8. The van der Waals surface area contributed by atoms with Crippen molar-refractivity contribution in [3.05, 3.63) is 48.0 Å². The fraction of sp³-hybridized carbons (Fsp3) is 0.286. The van der Waals surface area contributed by atoms with E-state index < -0.39 is 0 Å². The van der Waals surface area contributed by atoms with E-state index in [0.717, 1.165) is 22.6 Å². The Kier molecular flexibility index (Phi) is 6.46. The lowest BCUT2D eigenvalue weighted by Gasteiger charge is -2.18. The first kappa shape index (κ1) is 20.9. The van der Waals surface area contributed by atoms with Crippen LogP contribution in [0.15, 0.2) is 47.6 Å². The Hall–Kier alpha value is -3.40. The second kappa shape index (κ2) is 9.61. The zero-order valence-electron chi connectivity index (χ0n) is 17.0. The first-order valence-electron chi connectivity index (χ1n) is 9.77. The summed E-state index contributed by atoms with van der Waals surface area (Å²) in [4.78, 5) is 12.2. The molecule has 0 bridgehead atoms. The SMILES string of the molecule is COc1ccccc1-c1nnc(SCC(=O)NCCc2ccc3c(c2)OCCO3)n1N. The van der Waals surface area contributed by atoms with Crippen LogP contribution in [0.2, 0.25) is 0 Å². The van der Waals surface area contributed by atoms with Crippen LogP contribution in [0.1, 0.15) is 5.56 Å². The molecule has 1 aliphatic rings. The van der Waals surface area contributed by atoms with E-state index in [1.165, 1.54) is 16.4 Å². The van der Waals surface area contributed by atoms with Gasteiger partial charge in [-0.15, -0.1) is 10.2 Å². The van der Waals surface area contributed by atoms with Crippen LogP contribution < -0.4 is 25.4 Å². The van der Waals surface area contributed by atoms with Crippen LogP contribution in [0.5, 0.6) is 17.2 Å². The molecule has 162 valence electrons. The highest BCUT2D eigenvalue weighted by atomic mass is 32.2. The number of para-hydroxylation sites is 1. The second-order valence-electron chi connectivity index (χ2n) is 6.74. The lowest BCUT2D eigenvalue weighted by Crippen LogP contribution is -2.27. The molecular formula is C21H23N5O4S. The Bertz CT molecular complexity index is 1070. The summed E-state index contributed by atoms with van der Waals surface area (Å²) in [5.74, 6) is 8.84. The van der Waals surface area contributed by atoms with Gasteiger partial charge >= 0.3 is 0 Å². The van der Waals surface area contributed by atoms with Gasteiger partial charge in [-0.25, -0.2) is 4.68 Å². The number of benzene rings is 2. The molecule has 0 unspecified atom stereocenters. The van der Waals surface area contributed by atoms with Gasteiger partial charge in [-0.3, -0.25) is 4.79 Å². The van der Waals surface area contributed by atoms with E-state index in [2.05, 4.69) is 15.5 Å². The number of nitrogens with one attached hydrogen (secondary N) is 1. The minimum Gasteiger partial charge on any atom is -0.496 e. The maximum Gasteiger partial charge on any atom is 0.230 e. The Labute approximate surface area is 183 Å². The number of carbonyl (C=O) groups excluding carboxylic acids is 1. The van der Waals surface area contributed by atoms with Gasteiger partial charge in [-0.2, -0.15) is 0 Å². The number of nitrogen functional groups attached to an aromatic ring is 1. The van der Waals surface area contributed by atoms with Crippen molar-refractivity contribution in [1.82, 2.24) is 20.2 Å². The predicted octanol–water partition coefficient (Wildman–Crippen LogP) is 1.89. The van der Waals surface area contributed by atoms with Crippen LogP contribution in [0.4, 0.5) is 0 Å². The van der Waals surface area contributed by atoms with Crippen LogP contribution in [-0.2, 0) is 11.2 Å². The van der Waals surface area contributed by atoms with Crippen molar-refractivity contribution in [2.24, 2.45) is 0 Å². The molecule has 0 atom stereocenters. The summed E-state index contributed by atoms with van der Waals surface area (Å²) >= 11 is 1.22. The number of nitrogens with two attached hydrogens (primary N) is 1. The highest BCUT2D eigenvalue weighted by Crippen LogP contribution is 2.31. The number of nitrogens with zero attached hydrogens (tertiary/aromatic N) is 3. The first-order chi connectivity index (χ1) is 15.2. The normalized spacial score (nSPS) is 12.4. The van der Waals surface area contributed by atoms with Crippen molar-refractivity contribution in [1.29, 1.82) is 0 Å². The molecule has 9 nitrogen and oxygen atoms in total. The van der Waals surface area contributed by atoms with Gasteiger partial charge in [0.1, 0.15) is 19.0 Å². The van der Waals surface area contributed by atoms with Gasteiger partial charge in [0, 0.05) is 6.54 Å². The van der Waals surface area contributed by atoms with Crippen LogP contribution in [0, 0.1) is 0 Å². The largest absolute Gasteiger partial charge is 0.496 e. The molecule has 4 rings (SSSR count). The van der Waals surface area contributed by atoms with Crippen LogP contribution >= 0.6 is 11.8 Å². The van der Waals surface area contributed by atoms with E-state index in [4.69, 9.17) is 20.1 Å². The third-order valence-electron chi connectivity index (χ3n) is 4.69. The minimum atomic E-state index is -0.107.